The molecule has 0 spiro atoms. The number of benzene rings is 1. The van der Waals surface area contributed by atoms with Crippen LogP contribution in [0, 0.1) is 17.2 Å². The van der Waals surface area contributed by atoms with Gasteiger partial charge >= 0.3 is 0 Å². The summed E-state index contributed by atoms with van der Waals surface area (Å²) in [6.07, 6.45) is 3.05. The number of hydrogen-bond acceptors (Lipinski definition) is 4. The lowest BCUT2D eigenvalue weighted by Crippen LogP contribution is -2.12. The molecule has 3 rings (SSSR count). The van der Waals surface area contributed by atoms with Crippen LogP contribution in [0.4, 0.5) is 5.00 Å². The van der Waals surface area contributed by atoms with Crippen molar-refractivity contribution in [3.8, 4) is 6.07 Å². The quantitative estimate of drug-likeness (QED) is 0.723. The number of amides is 1. The highest BCUT2D eigenvalue weighted by molar-refractivity contribution is 7.99. The number of fused-ring (bicyclic) bond motifs is 1. The van der Waals surface area contributed by atoms with E-state index in [9.17, 15) is 10.1 Å². The monoisotopic (exact) mass is 370 g/mol. The fourth-order valence-electron chi connectivity index (χ4n) is 3.12. The van der Waals surface area contributed by atoms with E-state index >= 15 is 0 Å². The third kappa shape index (κ3) is 4.08. The van der Waals surface area contributed by atoms with E-state index in [0.717, 1.165) is 29.7 Å². The predicted octanol–water partition coefficient (Wildman–Crippen LogP) is 5.50. The molecule has 0 fully saturated rings. The molecule has 0 unspecified atom stereocenters. The highest BCUT2D eigenvalue weighted by Crippen LogP contribution is 2.39. The van der Waals surface area contributed by atoms with E-state index in [1.807, 2.05) is 24.3 Å². The maximum Gasteiger partial charge on any atom is 0.256 e. The van der Waals surface area contributed by atoms with Crippen LogP contribution in [-0.2, 0) is 12.8 Å². The van der Waals surface area contributed by atoms with Crippen LogP contribution in [0.1, 0.15) is 53.6 Å². The maximum atomic E-state index is 12.7. The average Bonchev–Trinajstić information content (AvgIpc) is 2.90. The standard InChI is InChI=1S/C20H22N2OS2/c1-12(2)24-15-6-4-5-14(10-15)19(23)22-20-17(11-21)16-8-7-13(3)9-18(16)25-20/h4-6,10,12-13H,7-9H2,1-3H3,(H,22,23)/t13-/m1/s1. The van der Waals surface area contributed by atoms with Gasteiger partial charge in [-0.25, -0.2) is 0 Å². The number of nitrogens with one attached hydrogen (secondary N) is 1. The Kier molecular flexibility index (Phi) is 5.51. The number of carbonyl (C=O) groups is 1. The summed E-state index contributed by atoms with van der Waals surface area (Å²) in [5.74, 6) is 0.500. The first-order chi connectivity index (χ1) is 12.0. The number of thioether (sulfide) groups is 1. The summed E-state index contributed by atoms with van der Waals surface area (Å²) in [5.41, 5.74) is 2.44. The van der Waals surface area contributed by atoms with Gasteiger partial charge in [-0.1, -0.05) is 26.8 Å². The highest BCUT2D eigenvalue weighted by atomic mass is 32.2. The number of nitrogens with zero attached hydrogens (tertiary/aromatic N) is 1. The third-order valence-corrected chi connectivity index (χ3v) is 6.49. The van der Waals surface area contributed by atoms with Crippen molar-refractivity contribution < 1.29 is 4.79 Å². The van der Waals surface area contributed by atoms with Crippen LogP contribution in [0.5, 0.6) is 0 Å². The molecule has 0 saturated heterocycles. The van der Waals surface area contributed by atoms with Crippen LogP contribution in [0.15, 0.2) is 29.2 Å². The topological polar surface area (TPSA) is 52.9 Å². The molecule has 0 saturated carbocycles. The molecule has 25 heavy (non-hydrogen) atoms. The van der Waals surface area contributed by atoms with E-state index in [2.05, 4.69) is 32.2 Å². The number of carbonyl (C=O) groups excluding carboxylic acids is 1. The minimum absolute atomic E-state index is 0.144. The third-order valence-electron chi connectivity index (χ3n) is 4.32. The molecule has 1 aliphatic carbocycles. The van der Waals surface area contributed by atoms with E-state index < -0.39 is 0 Å². The van der Waals surface area contributed by atoms with Crippen molar-refractivity contribution >= 4 is 34.0 Å². The Morgan fingerprint density at radius 1 is 1.44 bits per heavy atom. The van der Waals surface area contributed by atoms with E-state index in [1.165, 1.54) is 4.88 Å². The smallest absolute Gasteiger partial charge is 0.256 e. The van der Waals surface area contributed by atoms with Crippen molar-refractivity contribution in [3.05, 3.63) is 45.8 Å². The van der Waals surface area contributed by atoms with Gasteiger partial charge in [-0.05, 0) is 48.9 Å². The lowest BCUT2D eigenvalue weighted by atomic mass is 9.88. The Morgan fingerprint density at radius 2 is 2.24 bits per heavy atom. The number of anilines is 1. The minimum Gasteiger partial charge on any atom is -0.312 e. The van der Waals surface area contributed by atoms with Crippen molar-refractivity contribution in [2.45, 2.75) is 50.2 Å². The fourth-order valence-corrected chi connectivity index (χ4v) is 5.37. The molecule has 130 valence electrons. The summed E-state index contributed by atoms with van der Waals surface area (Å²) in [7, 11) is 0. The van der Waals surface area contributed by atoms with Gasteiger partial charge in [0.25, 0.3) is 5.91 Å². The number of hydrogen-bond donors (Lipinski definition) is 1. The molecule has 3 nitrogen and oxygen atoms in total. The van der Waals surface area contributed by atoms with E-state index in [1.54, 1.807) is 23.1 Å². The Labute approximate surface area is 157 Å². The lowest BCUT2D eigenvalue weighted by Gasteiger charge is -2.17. The summed E-state index contributed by atoms with van der Waals surface area (Å²) in [4.78, 5) is 15.0. The number of nitriles is 1. The van der Waals surface area contributed by atoms with Gasteiger partial charge in [0.15, 0.2) is 0 Å². The SMILES string of the molecule is CC(C)Sc1cccc(C(=O)Nc2sc3c(c2C#N)CC[C@@H](C)C3)c1. The lowest BCUT2D eigenvalue weighted by molar-refractivity contribution is 0.102. The largest absolute Gasteiger partial charge is 0.312 e. The van der Waals surface area contributed by atoms with Crippen LogP contribution < -0.4 is 5.32 Å². The highest BCUT2D eigenvalue weighted by Gasteiger charge is 2.24. The summed E-state index contributed by atoms with van der Waals surface area (Å²) in [5, 5.41) is 13.7. The maximum absolute atomic E-state index is 12.7. The first-order valence-corrected chi connectivity index (χ1v) is 10.3. The first kappa shape index (κ1) is 18.0. The molecule has 0 bridgehead atoms. The fraction of sp³-hybridized carbons (Fsp3) is 0.400. The van der Waals surface area contributed by atoms with Gasteiger partial charge in [0.2, 0.25) is 0 Å². The Hall–Kier alpha value is -1.77. The summed E-state index contributed by atoms with van der Waals surface area (Å²) < 4.78 is 0. The van der Waals surface area contributed by atoms with Crippen LogP contribution in [0.2, 0.25) is 0 Å². The van der Waals surface area contributed by atoms with Gasteiger partial charge in [0, 0.05) is 20.6 Å². The number of thiophene rings is 1. The summed E-state index contributed by atoms with van der Waals surface area (Å²) >= 11 is 3.30. The predicted molar refractivity (Wildman–Crippen MR) is 106 cm³/mol. The van der Waals surface area contributed by atoms with Gasteiger partial charge < -0.3 is 5.32 Å². The molecule has 2 aromatic rings. The van der Waals surface area contributed by atoms with Crippen LogP contribution in [0.3, 0.4) is 0 Å². The number of rotatable bonds is 4. The second-order valence-electron chi connectivity index (χ2n) is 6.82. The molecule has 0 radical (unpaired) electrons. The zero-order valence-electron chi connectivity index (χ0n) is 14.8. The molecule has 5 heteroatoms. The normalized spacial score (nSPS) is 16.4. The van der Waals surface area contributed by atoms with Crippen LogP contribution >= 0.6 is 23.1 Å². The zero-order valence-corrected chi connectivity index (χ0v) is 16.4. The van der Waals surface area contributed by atoms with Crippen LogP contribution in [0.25, 0.3) is 0 Å². The van der Waals surface area contributed by atoms with Crippen molar-refractivity contribution in [3.63, 3.8) is 0 Å². The molecule has 1 aliphatic rings. The van der Waals surface area contributed by atoms with E-state index in [4.69, 9.17) is 0 Å². The molecule has 1 aromatic heterocycles. The summed E-state index contributed by atoms with van der Waals surface area (Å²) in [6, 6.07) is 9.97. The van der Waals surface area contributed by atoms with E-state index in [0.29, 0.717) is 27.3 Å². The zero-order chi connectivity index (χ0) is 18.0. The van der Waals surface area contributed by atoms with Gasteiger partial charge in [0.1, 0.15) is 11.1 Å². The Balaban J connectivity index is 1.83. The molecular formula is C20H22N2OS2. The molecule has 1 N–H and O–H groups in total. The molecular weight excluding hydrogens is 348 g/mol. The van der Waals surface area contributed by atoms with Crippen molar-refractivity contribution in [1.29, 1.82) is 5.26 Å². The molecule has 1 atom stereocenters. The summed E-state index contributed by atoms with van der Waals surface area (Å²) in [6.45, 7) is 6.51. The van der Waals surface area contributed by atoms with Crippen molar-refractivity contribution in [2.75, 3.05) is 5.32 Å². The minimum atomic E-state index is -0.144. The Morgan fingerprint density at radius 3 is 2.96 bits per heavy atom. The average molecular weight is 371 g/mol. The second kappa shape index (κ2) is 7.63. The van der Waals surface area contributed by atoms with Crippen molar-refractivity contribution in [2.24, 2.45) is 5.92 Å². The van der Waals surface area contributed by atoms with Gasteiger partial charge in [-0.15, -0.1) is 23.1 Å². The molecule has 0 aliphatic heterocycles. The van der Waals surface area contributed by atoms with E-state index in [-0.39, 0.29) is 5.91 Å². The van der Waals surface area contributed by atoms with Gasteiger partial charge in [-0.2, -0.15) is 5.26 Å². The molecule has 1 aromatic carbocycles. The second-order valence-corrected chi connectivity index (χ2v) is 9.57. The van der Waals surface area contributed by atoms with Crippen LogP contribution in [-0.4, -0.2) is 11.2 Å². The Bertz CT molecular complexity index is 833. The molecule has 1 heterocycles. The van der Waals surface area contributed by atoms with Crippen molar-refractivity contribution in [1.82, 2.24) is 0 Å². The molecule has 1 amide bonds. The first-order valence-electron chi connectivity index (χ1n) is 8.60. The van der Waals surface area contributed by atoms with Gasteiger partial charge in [0.05, 0.1) is 5.56 Å². The van der Waals surface area contributed by atoms with Gasteiger partial charge in [-0.3, -0.25) is 4.79 Å².